The van der Waals surface area contributed by atoms with Gasteiger partial charge in [0.25, 0.3) is 0 Å². The Morgan fingerprint density at radius 2 is 2.04 bits per heavy atom. The lowest BCUT2D eigenvalue weighted by molar-refractivity contribution is -0.146. The van der Waals surface area contributed by atoms with Crippen LogP contribution in [0.15, 0.2) is 18.2 Å². The number of nitrogens with one attached hydrogen (secondary N) is 1. The second-order valence-corrected chi connectivity index (χ2v) is 7.26. The molecule has 1 spiro atoms. The Morgan fingerprint density at radius 3 is 2.77 bits per heavy atom. The minimum Gasteiger partial charge on any atom is -0.338 e. The Labute approximate surface area is 152 Å². The van der Waals surface area contributed by atoms with Crippen molar-refractivity contribution in [1.29, 1.82) is 0 Å². The summed E-state index contributed by atoms with van der Waals surface area (Å²) in [7, 11) is 0. The number of halogens is 2. The van der Waals surface area contributed by atoms with Gasteiger partial charge in [0.15, 0.2) is 11.6 Å². The monoisotopic (exact) mass is 365 g/mol. The zero-order valence-corrected chi connectivity index (χ0v) is 15.1. The van der Waals surface area contributed by atoms with E-state index in [1.165, 1.54) is 6.07 Å². The summed E-state index contributed by atoms with van der Waals surface area (Å²) >= 11 is 0. The molecular formula is C19H25F2N3O2. The Balaban J connectivity index is 1.67. The SMILES string of the molecule is CCCNC(=O)N1CC[C@]2(CCCN(Cc3ccc(F)c(F)c3)C2=O)C1. The van der Waals surface area contributed by atoms with Gasteiger partial charge in [-0.2, -0.15) is 0 Å². The molecular weight excluding hydrogens is 340 g/mol. The van der Waals surface area contributed by atoms with Gasteiger partial charge >= 0.3 is 6.03 Å². The van der Waals surface area contributed by atoms with Crippen LogP contribution in [-0.2, 0) is 11.3 Å². The maximum Gasteiger partial charge on any atom is 0.317 e. The number of amides is 3. The van der Waals surface area contributed by atoms with E-state index < -0.39 is 17.0 Å². The highest BCUT2D eigenvalue weighted by Gasteiger charge is 2.49. The molecule has 1 N–H and O–H groups in total. The van der Waals surface area contributed by atoms with E-state index in [1.54, 1.807) is 9.80 Å². The van der Waals surface area contributed by atoms with Crippen molar-refractivity contribution in [3.05, 3.63) is 35.4 Å². The van der Waals surface area contributed by atoms with E-state index in [9.17, 15) is 18.4 Å². The molecule has 0 unspecified atom stereocenters. The average Bonchev–Trinajstić information content (AvgIpc) is 3.05. The Kier molecular flexibility index (Phi) is 5.44. The summed E-state index contributed by atoms with van der Waals surface area (Å²) in [5.74, 6) is -1.78. The highest BCUT2D eigenvalue weighted by atomic mass is 19.2. The number of carbonyl (C=O) groups is 2. The molecule has 142 valence electrons. The summed E-state index contributed by atoms with van der Waals surface area (Å²) in [5, 5.41) is 2.86. The van der Waals surface area contributed by atoms with Crippen LogP contribution >= 0.6 is 0 Å². The Bertz CT molecular complexity index is 697. The molecule has 1 aromatic carbocycles. The van der Waals surface area contributed by atoms with Gasteiger partial charge in [-0.05, 0) is 43.4 Å². The molecule has 0 aliphatic carbocycles. The summed E-state index contributed by atoms with van der Waals surface area (Å²) in [5.41, 5.74) is 0.0326. The fourth-order valence-electron chi connectivity index (χ4n) is 3.93. The standard InChI is InChI=1S/C19H25F2N3O2/c1-2-8-22-18(26)24-10-7-19(13-24)6-3-9-23(17(19)25)12-14-4-5-15(20)16(21)11-14/h4-5,11H,2-3,6-10,12-13H2,1H3,(H,22,26)/t19-/m1/s1. The molecule has 3 amide bonds. The summed E-state index contributed by atoms with van der Waals surface area (Å²) < 4.78 is 26.5. The number of nitrogens with zero attached hydrogens (tertiary/aromatic N) is 2. The third-order valence-corrected chi connectivity index (χ3v) is 5.35. The van der Waals surface area contributed by atoms with Crippen molar-refractivity contribution >= 4 is 11.9 Å². The molecule has 0 radical (unpaired) electrons. The van der Waals surface area contributed by atoms with Crippen LogP contribution in [-0.4, -0.2) is 47.9 Å². The van der Waals surface area contributed by atoms with E-state index in [2.05, 4.69) is 5.32 Å². The highest BCUT2D eigenvalue weighted by molar-refractivity contribution is 5.85. The maximum absolute atomic E-state index is 13.4. The molecule has 0 bridgehead atoms. The van der Waals surface area contributed by atoms with Crippen molar-refractivity contribution in [2.45, 2.75) is 39.2 Å². The molecule has 1 aromatic rings. The minimum absolute atomic E-state index is 0.0132. The molecule has 2 heterocycles. The maximum atomic E-state index is 13.4. The molecule has 2 aliphatic heterocycles. The number of hydrogen-bond acceptors (Lipinski definition) is 2. The summed E-state index contributed by atoms with van der Waals surface area (Å²) in [4.78, 5) is 28.7. The highest BCUT2D eigenvalue weighted by Crippen LogP contribution is 2.40. The lowest BCUT2D eigenvalue weighted by atomic mass is 9.78. The zero-order valence-electron chi connectivity index (χ0n) is 15.1. The van der Waals surface area contributed by atoms with Crippen LogP contribution in [0.4, 0.5) is 13.6 Å². The first-order chi connectivity index (χ1) is 12.4. The number of benzene rings is 1. The molecule has 2 saturated heterocycles. The molecule has 0 aromatic heterocycles. The van der Waals surface area contributed by atoms with E-state index >= 15 is 0 Å². The lowest BCUT2D eigenvalue weighted by Crippen LogP contribution is -2.50. The molecule has 2 aliphatic rings. The topological polar surface area (TPSA) is 52.7 Å². The normalized spacial score (nSPS) is 23.0. The van der Waals surface area contributed by atoms with E-state index in [-0.39, 0.29) is 18.5 Å². The lowest BCUT2D eigenvalue weighted by Gasteiger charge is -2.39. The Morgan fingerprint density at radius 1 is 1.23 bits per heavy atom. The van der Waals surface area contributed by atoms with Crippen LogP contribution in [0.25, 0.3) is 0 Å². The fraction of sp³-hybridized carbons (Fsp3) is 0.579. The number of hydrogen-bond donors (Lipinski definition) is 1. The van der Waals surface area contributed by atoms with E-state index in [4.69, 9.17) is 0 Å². The predicted octanol–water partition coefficient (Wildman–Crippen LogP) is 2.90. The van der Waals surface area contributed by atoms with Crippen LogP contribution in [0, 0.1) is 17.0 Å². The fourth-order valence-corrected chi connectivity index (χ4v) is 3.93. The van der Waals surface area contributed by atoms with Crippen molar-refractivity contribution in [2.24, 2.45) is 5.41 Å². The molecule has 3 rings (SSSR count). The van der Waals surface area contributed by atoms with Crippen molar-refractivity contribution < 1.29 is 18.4 Å². The zero-order chi connectivity index (χ0) is 18.7. The van der Waals surface area contributed by atoms with Crippen LogP contribution in [0.2, 0.25) is 0 Å². The van der Waals surface area contributed by atoms with E-state index in [0.29, 0.717) is 38.2 Å². The van der Waals surface area contributed by atoms with Crippen LogP contribution in [0.3, 0.4) is 0 Å². The van der Waals surface area contributed by atoms with Gasteiger partial charge in [0.2, 0.25) is 5.91 Å². The summed E-state index contributed by atoms with van der Waals surface area (Å²) in [6.07, 6.45) is 3.13. The van der Waals surface area contributed by atoms with Gasteiger partial charge in [-0.15, -0.1) is 0 Å². The molecule has 26 heavy (non-hydrogen) atoms. The van der Waals surface area contributed by atoms with Crippen LogP contribution in [0.1, 0.15) is 38.2 Å². The van der Waals surface area contributed by atoms with Crippen molar-refractivity contribution in [2.75, 3.05) is 26.2 Å². The van der Waals surface area contributed by atoms with E-state index in [0.717, 1.165) is 31.4 Å². The first-order valence-corrected chi connectivity index (χ1v) is 9.21. The first-order valence-electron chi connectivity index (χ1n) is 9.21. The summed E-state index contributed by atoms with van der Waals surface area (Å²) in [6, 6.07) is 3.62. The van der Waals surface area contributed by atoms with Gasteiger partial charge in [0, 0.05) is 32.7 Å². The number of rotatable bonds is 4. The van der Waals surface area contributed by atoms with E-state index in [1.807, 2.05) is 6.92 Å². The number of likely N-dealkylation sites (tertiary alicyclic amines) is 2. The third-order valence-electron chi connectivity index (χ3n) is 5.35. The van der Waals surface area contributed by atoms with Crippen LogP contribution < -0.4 is 5.32 Å². The molecule has 0 saturated carbocycles. The van der Waals surface area contributed by atoms with Gasteiger partial charge in [-0.1, -0.05) is 13.0 Å². The largest absolute Gasteiger partial charge is 0.338 e. The van der Waals surface area contributed by atoms with Gasteiger partial charge in [-0.3, -0.25) is 4.79 Å². The second-order valence-electron chi connectivity index (χ2n) is 7.26. The Hall–Kier alpha value is -2.18. The molecule has 5 nitrogen and oxygen atoms in total. The van der Waals surface area contributed by atoms with Gasteiger partial charge in [0.1, 0.15) is 0 Å². The van der Waals surface area contributed by atoms with Crippen molar-refractivity contribution in [3.63, 3.8) is 0 Å². The van der Waals surface area contributed by atoms with Gasteiger partial charge in [0.05, 0.1) is 5.41 Å². The molecule has 2 fully saturated rings. The minimum atomic E-state index is -0.902. The summed E-state index contributed by atoms with van der Waals surface area (Å²) in [6.45, 7) is 4.47. The smallest absolute Gasteiger partial charge is 0.317 e. The second kappa shape index (κ2) is 7.60. The van der Waals surface area contributed by atoms with Crippen LogP contribution in [0.5, 0.6) is 0 Å². The number of urea groups is 1. The first kappa shape index (κ1) is 18.6. The molecule has 1 atom stereocenters. The number of carbonyl (C=O) groups excluding carboxylic acids is 2. The van der Waals surface area contributed by atoms with Gasteiger partial charge in [-0.25, -0.2) is 13.6 Å². The third kappa shape index (κ3) is 3.66. The van der Waals surface area contributed by atoms with Crippen molar-refractivity contribution in [3.8, 4) is 0 Å². The van der Waals surface area contributed by atoms with Gasteiger partial charge < -0.3 is 15.1 Å². The molecule has 7 heteroatoms. The number of piperidine rings is 1. The quantitative estimate of drug-likeness (QED) is 0.892. The average molecular weight is 365 g/mol. The predicted molar refractivity (Wildman–Crippen MR) is 93.3 cm³/mol. The van der Waals surface area contributed by atoms with Crippen molar-refractivity contribution in [1.82, 2.24) is 15.1 Å².